The molecule has 0 saturated carbocycles. The van der Waals surface area contributed by atoms with Gasteiger partial charge in [-0.05, 0) is 0 Å². The van der Waals surface area contributed by atoms with E-state index in [-0.39, 0.29) is 40.5 Å². The maximum Gasteiger partial charge on any atom is 1.00 e. The van der Waals surface area contributed by atoms with Crippen LogP contribution < -0.4 is 34.7 Å². The van der Waals surface area contributed by atoms with Crippen LogP contribution in [0.1, 0.15) is 0 Å². The van der Waals surface area contributed by atoms with E-state index in [0.717, 1.165) is 0 Å². The molecule has 1 unspecified atom stereocenters. The summed E-state index contributed by atoms with van der Waals surface area (Å²) in [5, 5.41) is 63.2. The third-order valence-electron chi connectivity index (χ3n) is 1.85. The average molecular weight is 284 g/mol. The summed E-state index contributed by atoms with van der Waals surface area (Å²) in [6.07, 6.45) is -10.5. The van der Waals surface area contributed by atoms with E-state index in [1.807, 2.05) is 0 Å². The average Bonchev–Trinajstić information content (AvgIpc) is 2.23. The number of carboxylic acids is 1. The van der Waals surface area contributed by atoms with Gasteiger partial charge in [-0.25, -0.2) is 0 Å². The van der Waals surface area contributed by atoms with Crippen LogP contribution in [0.2, 0.25) is 0 Å². The third-order valence-corrected chi connectivity index (χ3v) is 1.85. The van der Waals surface area contributed by atoms with Gasteiger partial charge in [0.05, 0.1) is 12.6 Å². The number of carboxylic acid groups (broad SMARTS) is 1. The molecule has 0 rings (SSSR count). The number of aliphatic hydroxyl groups excluding tert-OH is 6. The zero-order valence-electron chi connectivity index (χ0n) is 9.59. The minimum absolute atomic E-state index is 0. The van der Waals surface area contributed by atoms with Crippen LogP contribution in [0.3, 0.4) is 0 Å². The largest absolute Gasteiger partial charge is 1.00 e. The first kappa shape index (κ1) is 26.7. The molecule has 0 radical (unpaired) electrons. The zero-order valence-corrected chi connectivity index (χ0v) is 11.6. The molecule has 0 bridgehead atoms. The Hall–Kier alpha value is 0.150. The van der Waals surface area contributed by atoms with Gasteiger partial charge < -0.3 is 51.5 Å². The molecule has 0 aromatic heterocycles. The fourth-order valence-corrected chi connectivity index (χ4v) is 0.864. The van der Waals surface area contributed by atoms with Crippen molar-refractivity contribution < 1.29 is 81.0 Å². The van der Waals surface area contributed by atoms with Crippen molar-refractivity contribution >= 4 is 5.97 Å². The minimum atomic E-state index is -2.40. The summed E-state index contributed by atoms with van der Waals surface area (Å²) < 4.78 is 0. The second kappa shape index (κ2) is 12.2. The number of rotatable bonds is 6. The SMILES string of the molecule is O.O.O=C([O-])[C@H](O)[C@@H](O)[C@H](O)[C@H](O)C(O)CO.[Na+]. The Morgan fingerprint density at radius 2 is 1.33 bits per heavy atom. The van der Waals surface area contributed by atoms with Gasteiger partial charge in [0.15, 0.2) is 0 Å². The van der Waals surface area contributed by atoms with E-state index >= 15 is 0 Å². The van der Waals surface area contributed by atoms with Crippen LogP contribution in [-0.4, -0.2) is 84.7 Å². The van der Waals surface area contributed by atoms with Crippen LogP contribution >= 0.6 is 0 Å². The molecule has 18 heavy (non-hydrogen) atoms. The van der Waals surface area contributed by atoms with Gasteiger partial charge >= 0.3 is 29.6 Å². The normalized spacial score (nSPS) is 17.9. The maximum atomic E-state index is 10.1. The molecule has 0 aromatic carbocycles. The molecular formula is C7H17NaO10. The summed E-state index contributed by atoms with van der Waals surface area (Å²) >= 11 is 0. The van der Waals surface area contributed by atoms with E-state index in [1.165, 1.54) is 0 Å². The van der Waals surface area contributed by atoms with Gasteiger partial charge in [0, 0.05) is 0 Å². The Kier molecular flexibility index (Phi) is 18.1. The first-order valence-electron chi connectivity index (χ1n) is 4.05. The Morgan fingerprint density at radius 3 is 1.61 bits per heavy atom. The molecule has 106 valence electrons. The molecule has 0 heterocycles. The Bertz CT molecular complexity index is 214. The molecule has 0 aromatic rings. The van der Waals surface area contributed by atoms with Crippen LogP contribution in [0.25, 0.3) is 0 Å². The smallest absolute Gasteiger partial charge is 0.547 e. The van der Waals surface area contributed by atoms with E-state index in [0.29, 0.717) is 0 Å². The fraction of sp³-hybridized carbons (Fsp3) is 0.857. The van der Waals surface area contributed by atoms with Gasteiger partial charge in [-0.1, -0.05) is 0 Å². The van der Waals surface area contributed by atoms with Crippen molar-refractivity contribution in [2.75, 3.05) is 6.61 Å². The van der Waals surface area contributed by atoms with Gasteiger partial charge in [0.2, 0.25) is 0 Å². The Balaban J connectivity index is -0.000000327. The standard InChI is InChI=1S/C7H14O8.Na.2H2O/c8-1-2(9)3(10)4(11)5(12)6(13)7(14)15;;;/h2-6,8-13H,1H2,(H,14,15);;2*1H2/q;+1;;/p-1/t2?,3-,4-,5+,6-;;;/m1.../s1. The van der Waals surface area contributed by atoms with E-state index in [4.69, 9.17) is 30.6 Å². The van der Waals surface area contributed by atoms with Gasteiger partial charge in [-0.15, -0.1) is 0 Å². The molecule has 0 aliphatic rings. The summed E-state index contributed by atoms with van der Waals surface area (Å²) in [7, 11) is 0. The summed E-state index contributed by atoms with van der Waals surface area (Å²) in [4.78, 5) is 10.1. The molecule has 0 fully saturated rings. The molecule has 0 amide bonds. The van der Waals surface area contributed by atoms with Crippen LogP contribution in [0.15, 0.2) is 0 Å². The monoisotopic (exact) mass is 284 g/mol. The van der Waals surface area contributed by atoms with Crippen molar-refractivity contribution in [3.05, 3.63) is 0 Å². The van der Waals surface area contributed by atoms with Gasteiger partial charge in [0.1, 0.15) is 30.5 Å². The van der Waals surface area contributed by atoms with Gasteiger partial charge in [-0.3, -0.25) is 0 Å². The van der Waals surface area contributed by atoms with E-state index < -0.39 is 43.1 Å². The minimum Gasteiger partial charge on any atom is -0.547 e. The van der Waals surface area contributed by atoms with Gasteiger partial charge in [-0.2, -0.15) is 0 Å². The molecule has 0 saturated heterocycles. The second-order valence-electron chi connectivity index (χ2n) is 2.99. The van der Waals surface area contributed by atoms with E-state index in [9.17, 15) is 9.90 Å². The van der Waals surface area contributed by atoms with Crippen LogP contribution in [0, 0.1) is 0 Å². The van der Waals surface area contributed by atoms with Gasteiger partial charge in [0.25, 0.3) is 0 Å². The Morgan fingerprint density at radius 1 is 0.944 bits per heavy atom. The quantitative estimate of drug-likeness (QED) is 0.256. The number of aliphatic hydroxyl groups is 6. The molecule has 0 aliphatic carbocycles. The van der Waals surface area contributed by atoms with Crippen molar-refractivity contribution in [2.24, 2.45) is 0 Å². The molecular weight excluding hydrogens is 267 g/mol. The van der Waals surface area contributed by atoms with E-state index in [1.54, 1.807) is 0 Å². The molecule has 10 N–H and O–H groups in total. The van der Waals surface area contributed by atoms with Crippen molar-refractivity contribution in [1.29, 1.82) is 0 Å². The number of carbonyl (C=O) groups excluding carboxylic acids is 1. The predicted molar refractivity (Wildman–Crippen MR) is 49.4 cm³/mol. The number of hydrogen-bond acceptors (Lipinski definition) is 8. The molecule has 0 spiro atoms. The van der Waals surface area contributed by atoms with Crippen LogP contribution in [0.5, 0.6) is 0 Å². The van der Waals surface area contributed by atoms with Crippen molar-refractivity contribution in [3.63, 3.8) is 0 Å². The number of carbonyl (C=O) groups is 1. The fourth-order valence-electron chi connectivity index (χ4n) is 0.864. The summed E-state index contributed by atoms with van der Waals surface area (Å²) in [5.74, 6) is -2.03. The van der Waals surface area contributed by atoms with Crippen LogP contribution in [0.4, 0.5) is 0 Å². The van der Waals surface area contributed by atoms with Crippen molar-refractivity contribution in [3.8, 4) is 0 Å². The predicted octanol–water partition coefficient (Wildman–Crippen LogP) is -10.1. The van der Waals surface area contributed by atoms with Crippen molar-refractivity contribution in [2.45, 2.75) is 30.5 Å². The number of hydrogen-bond donors (Lipinski definition) is 6. The number of aliphatic carboxylic acids is 1. The Labute approximate surface area is 124 Å². The third kappa shape index (κ3) is 7.56. The molecule has 11 heteroatoms. The summed E-state index contributed by atoms with van der Waals surface area (Å²) in [5.41, 5.74) is 0. The summed E-state index contributed by atoms with van der Waals surface area (Å²) in [6.45, 7) is -0.896. The van der Waals surface area contributed by atoms with Crippen LogP contribution in [-0.2, 0) is 4.79 Å². The van der Waals surface area contributed by atoms with Crippen molar-refractivity contribution in [1.82, 2.24) is 0 Å². The topological polar surface area (TPSA) is 225 Å². The summed E-state index contributed by atoms with van der Waals surface area (Å²) in [6, 6.07) is 0. The molecule has 5 atom stereocenters. The maximum absolute atomic E-state index is 10.1. The first-order chi connectivity index (χ1) is 6.82. The zero-order chi connectivity index (χ0) is 12.2. The molecule has 0 aliphatic heterocycles. The second-order valence-corrected chi connectivity index (χ2v) is 2.99. The first-order valence-corrected chi connectivity index (χ1v) is 4.05. The van der Waals surface area contributed by atoms with E-state index in [2.05, 4.69) is 0 Å². The molecule has 10 nitrogen and oxygen atoms in total.